The molecule has 1 aliphatic heterocycles. The SMILES string of the molecule is CCCCCCCCCCCCCC1Nc2ccccc2N1S(=O)(=O)O. The van der Waals surface area contributed by atoms with E-state index in [4.69, 9.17) is 0 Å². The number of anilines is 2. The summed E-state index contributed by atoms with van der Waals surface area (Å²) in [5, 5.41) is 3.21. The number of hydrogen-bond acceptors (Lipinski definition) is 3. The second-order valence-corrected chi connectivity index (χ2v) is 8.56. The van der Waals surface area contributed by atoms with E-state index in [2.05, 4.69) is 12.2 Å². The molecule has 0 spiro atoms. The van der Waals surface area contributed by atoms with E-state index in [1.54, 1.807) is 12.1 Å². The summed E-state index contributed by atoms with van der Waals surface area (Å²) in [4.78, 5) is 0. The van der Waals surface area contributed by atoms with E-state index in [0.717, 1.165) is 22.8 Å². The Labute approximate surface area is 159 Å². The van der Waals surface area contributed by atoms with Crippen LogP contribution in [0, 0.1) is 0 Å². The fourth-order valence-corrected chi connectivity index (χ4v) is 4.56. The maximum Gasteiger partial charge on any atom is 0.361 e. The average molecular weight is 383 g/mol. The van der Waals surface area contributed by atoms with Gasteiger partial charge in [0, 0.05) is 0 Å². The minimum atomic E-state index is -4.26. The lowest BCUT2D eigenvalue weighted by molar-refractivity contribution is 0.467. The van der Waals surface area contributed by atoms with E-state index in [0.29, 0.717) is 12.1 Å². The first-order valence-corrected chi connectivity index (χ1v) is 11.6. The van der Waals surface area contributed by atoms with Crippen molar-refractivity contribution in [1.82, 2.24) is 0 Å². The third kappa shape index (κ3) is 6.47. The predicted molar refractivity (Wildman–Crippen MR) is 109 cm³/mol. The molecule has 5 nitrogen and oxygen atoms in total. The van der Waals surface area contributed by atoms with Crippen molar-refractivity contribution in [2.75, 3.05) is 9.62 Å². The van der Waals surface area contributed by atoms with Crippen LogP contribution in [0.4, 0.5) is 11.4 Å². The maximum absolute atomic E-state index is 11.7. The number of hydrogen-bond donors (Lipinski definition) is 2. The second-order valence-electron chi connectivity index (χ2n) is 7.28. The highest BCUT2D eigenvalue weighted by Gasteiger charge is 2.35. The molecule has 2 N–H and O–H groups in total. The van der Waals surface area contributed by atoms with Crippen LogP contribution in [0.2, 0.25) is 0 Å². The highest BCUT2D eigenvalue weighted by atomic mass is 32.2. The molecule has 0 fully saturated rings. The zero-order valence-corrected chi connectivity index (χ0v) is 16.8. The second kappa shape index (κ2) is 10.8. The summed E-state index contributed by atoms with van der Waals surface area (Å²) in [5.41, 5.74) is 1.29. The number of nitrogens with one attached hydrogen (secondary N) is 1. The summed E-state index contributed by atoms with van der Waals surface area (Å²) in [6, 6.07) is 7.20. The molecular weight excluding hydrogens is 348 g/mol. The summed E-state index contributed by atoms with van der Waals surface area (Å²) in [5.74, 6) is 0. The third-order valence-corrected chi connectivity index (χ3v) is 6.02. The van der Waals surface area contributed by atoms with Gasteiger partial charge in [0.1, 0.15) is 6.17 Å². The van der Waals surface area contributed by atoms with E-state index < -0.39 is 10.3 Å². The van der Waals surface area contributed by atoms with Crippen LogP contribution >= 0.6 is 0 Å². The minimum Gasteiger partial charge on any atom is -0.363 e. The molecule has 0 radical (unpaired) electrons. The van der Waals surface area contributed by atoms with Gasteiger partial charge in [0.15, 0.2) is 0 Å². The molecule has 0 bridgehead atoms. The number of fused-ring (bicyclic) bond motifs is 1. The zero-order valence-electron chi connectivity index (χ0n) is 16.0. The van der Waals surface area contributed by atoms with Crippen LogP contribution in [-0.2, 0) is 10.3 Å². The van der Waals surface area contributed by atoms with Crippen LogP contribution < -0.4 is 9.62 Å². The molecule has 2 rings (SSSR count). The summed E-state index contributed by atoms with van der Waals surface area (Å²) in [6.07, 6.45) is 14.2. The molecule has 148 valence electrons. The largest absolute Gasteiger partial charge is 0.363 e. The van der Waals surface area contributed by atoms with Crippen molar-refractivity contribution in [2.45, 2.75) is 90.1 Å². The van der Waals surface area contributed by atoms with Gasteiger partial charge in [-0.1, -0.05) is 83.3 Å². The van der Waals surface area contributed by atoms with Crippen LogP contribution in [-0.4, -0.2) is 19.1 Å². The topological polar surface area (TPSA) is 69.6 Å². The Morgan fingerprint density at radius 3 is 2.04 bits per heavy atom. The molecule has 1 aromatic carbocycles. The van der Waals surface area contributed by atoms with Crippen molar-refractivity contribution in [3.8, 4) is 0 Å². The Bertz CT molecular complexity index is 634. The van der Waals surface area contributed by atoms with E-state index in [1.807, 2.05) is 12.1 Å². The Morgan fingerprint density at radius 1 is 0.923 bits per heavy atom. The van der Waals surface area contributed by atoms with Crippen molar-refractivity contribution in [2.24, 2.45) is 0 Å². The van der Waals surface area contributed by atoms with Crippen molar-refractivity contribution >= 4 is 21.7 Å². The van der Waals surface area contributed by atoms with Gasteiger partial charge in [-0.2, -0.15) is 8.42 Å². The number of benzene rings is 1. The zero-order chi connectivity index (χ0) is 18.8. The van der Waals surface area contributed by atoms with Gasteiger partial charge in [-0.15, -0.1) is 0 Å². The van der Waals surface area contributed by atoms with E-state index in [9.17, 15) is 13.0 Å². The first-order valence-electron chi connectivity index (χ1n) is 10.2. The smallest absolute Gasteiger partial charge is 0.361 e. The summed E-state index contributed by atoms with van der Waals surface area (Å²) >= 11 is 0. The molecule has 26 heavy (non-hydrogen) atoms. The normalized spacial score (nSPS) is 16.5. The summed E-state index contributed by atoms with van der Waals surface area (Å²) in [7, 11) is -4.26. The van der Waals surface area contributed by atoms with Crippen LogP contribution in [0.1, 0.15) is 84.0 Å². The van der Waals surface area contributed by atoms with Crippen molar-refractivity contribution < 1.29 is 13.0 Å². The molecule has 0 saturated carbocycles. The van der Waals surface area contributed by atoms with Crippen LogP contribution in [0.5, 0.6) is 0 Å². The number of rotatable bonds is 13. The molecule has 1 atom stereocenters. The fourth-order valence-electron chi connectivity index (χ4n) is 3.67. The first kappa shape index (κ1) is 21.0. The van der Waals surface area contributed by atoms with Gasteiger partial charge >= 0.3 is 10.3 Å². The van der Waals surface area contributed by atoms with Gasteiger partial charge in [-0.25, -0.2) is 4.31 Å². The Hall–Kier alpha value is -1.27. The van der Waals surface area contributed by atoms with Gasteiger partial charge in [-0.3, -0.25) is 4.55 Å². The van der Waals surface area contributed by atoms with Crippen LogP contribution in [0.15, 0.2) is 24.3 Å². The number of nitrogens with zero attached hydrogens (tertiary/aromatic N) is 1. The molecule has 1 heterocycles. The maximum atomic E-state index is 11.7. The monoisotopic (exact) mass is 382 g/mol. The molecule has 0 aromatic heterocycles. The molecule has 0 aliphatic carbocycles. The van der Waals surface area contributed by atoms with Crippen LogP contribution in [0.3, 0.4) is 0 Å². The fraction of sp³-hybridized carbons (Fsp3) is 0.700. The van der Waals surface area contributed by atoms with Crippen molar-refractivity contribution in [3.05, 3.63) is 24.3 Å². The van der Waals surface area contributed by atoms with Crippen molar-refractivity contribution in [3.63, 3.8) is 0 Å². The standard InChI is InChI=1S/C20H34N2O3S/c1-2-3-4-5-6-7-8-9-10-11-12-17-20-21-18-15-13-14-16-19(18)22(20)26(23,24)25/h13-16,20-21H,2-12,17H2,1H3,(H,23,24,25). The third-order valence-electron chi connectivity index (χ3n) is 5.08. The summed E-state index contributed by atoms with van der Waals surface area (Å²) < 4.78 is 34.2. The molecule has 6 heteroatoms. The van der Waals surface area contributed by atoms with Gasteiger partial charge in [0.2, 0.25) is 0 Å². The van der Waals surface area contributed by atoms with Crippen molar-refractivity contribution in [1.29, 1.82) is 0 Å². The predicted octanol–water partition coefficient (Wildman–Crippen LogP) is 5.75. The highest BCUT2D eigenvalue weighted by molar-refractivity contribution is 7.87. The lowest BCUT2D eigenvalue weighted by atomic mass is 10.0. The van der Waals surface area contributed by atoms with E-state index in [1.165, 1.54) is 57.8 Å². The van der Waals surface area contributed by atoms with E-state index >= 15 is 0 Å². The van der Waals surface area contributed by atoms with Crippen LogP contribution in [0.25, 0.3) is 0 Å². The Kier molecular flexibility index (Phi) is 8.72. The molecule has 1 unspecified atom stereocenters. The Balaban J connectivity index is 1.62. The average Bonchev–Trinajstić information content (AvgIpc) is 2.98. The molecule has 1 aliphatic rings. The summed E-state index contributed by atoms with van der Waals surface area (Å²) in [6.45, 7) is 2.25. The minimum absolute atomic E-state index is 0.388. The lowest BCUT2D eigenvalue weighted by Gasteiger charge is -2.23. The molecular formula is C20H34N2O3S. The Morgan fingerprint density at radius 2 is 1.46 bits per heavy atom. The number of para-hydroxylation sites is 2. The molecule has 0 saturated heterocycles. The van der Waals surface area contributed by atoms with Gasteiger partial charge < -0.3 is 5.32 Å². The highest BCUT2D eigenvalue weighted by Crippen LogP contribution is 2.37. The molecule has 1 aromatic rings. The lowest BCUT2D eigenvalue weighted by Crippen LogP contribution is -2.40. The van der Waals surface area contributed by atoms with Gasteiger partial charge in [0.25, 0.3) is 0 Å². The molecule has 0 amide bonds. The number of unbranched alkanes of at least 4 members (excludes halogenated alkanes) is 10. The van der Waals surface area contributed by atoms with Gasteiger partial charge in [-0.05, 0) is 25.0 Å². The first-order chi connectivity index (χ1) is 12.5. The quantitative estimate of drug-likeness (QED) is 0.337. The van der Waals surface area contributed by atoms with Gasteiger partial charge in [0.05, 0.1) is 11.4 Å². The van der Waals surface area contributed by atoms with E-state index in [-0.39, 0.29) is 6.17 Å².